The molecular formula is C16H19N3. The maximum Gasteiger partial charge on any atom is 0.0645 e. The largest absolute Gasteiger partial charge is 0.324 e. The van der Waals surface area contributed by atoms with Crippen molar-refractivity contribution in [3.8, 4) is 5.69 Å². The van der Waals surface area contributed by atoms with Crippen molar-refractivity contribution in [2.24, 2.45) is 23.5 Å². The van der Waals surface area contributed by atoms with Crippen molar-refractivity contribution in [2.75, 3.05) is 0 Å². The van der Waals surface area contributed by atoms with Crippen LogP contribution < -0.4 is 5.73 Å². The molecule has 2 aromatic rings. The van der Waals surface area contributed by atoms with Gasteiger partial charge in [-0.25, -0.2) is 4.68 Å². The van der Waals surface area contributed by atoms with Gasteiger partial charge in [0, 0.05) is 17.8 Å². The third kappa shape index (κ3) is 1.80. The molecule has 1 aromatic carbocycles. The number of para-hydroxylation sites is 1. The summed E-state index contributed by atoms with van der Waals surface area (Å²) < 4.78 is 1.92. The molecule has 1 aromatic heterocycles. The van der Waals surface area contributed by atoms with Gasteiger partial charge >= 0.3 is 0 Å². The fraction of sp³-hybridized carbons (Fsp3) is 0.438. The highest BCUT2D eigenvalue weighted by Crippen LogP contribution is 2.61. The van der Waals surface area contributed by atoms with E-state index in [1.165, 1.54) is 24.8 Å². The van der Waals surface area contributed by atoms with Crippen LogP contribution in [0.4, 0.5) is 0 Å². The van der Waals surface area contributed by atoms with Crippen molar-refractivity contribution in [2.45, 2.75) is 25.3 Å². The smallest absolute Gasteiger partial charge is 0.0645 e. The molecule has 19 heavy (non-hydrogen) atoms. The first kappa shape index (κ1) is 11.2. The van der Waals surface area contributed by atoms with Crippen LogP contribution in [0.25, 0.3) is 5.69 Å². The van der Waals surface area contributed by atoms with Crippen LogP contribution >= 0.6 is 0 Å². The normalized spacial score (nSPS) is 30.1. The van der Waals surface area contributed by atoms with E-state index in [2.05, 4.69) is 23.4 Å². The van der Waals surface area contributed by atoms with Gasteiger partial charge in [0.05, 0.1) is 11.9 Å². The lowest BCUT2D eigenvalue weighted by Gasteiger charge is -2.11. The SMILES string of the molecule is NC(c1cnn(-c2ccccc2)c1)C1C2CCCC21. The van der Waals surface area contributed by atoms with E-state index in [9.17, 15) is 0 Å². The van der Waals surface area contributed by atoms with Gasteiger partial charge in [0.25, 0.3) is 0 Å². The molecule has 0 amide bonds. The molecule has 2 fully saturated rings. The van der Waals surface area contributed by atoms with Gasteiger partial charge in [-0.15, -0.1) is 0 Å². The number of nitrogens with zero attached hydrogens (tertiary/aromatic N) is 2. The van der Waals surface area contributed by atoms with Crippen LogP contribution in [-0.2, 0) is 0 Å². The highest BCUT2D eigenvalue weighted by atomic mass is 15.3. The van der Waals surface area contributed by atoms with Gasteiger partial charge in [-0.2, -0.15) is 5.10 Å². The first-order valence-electron chi connectivity index (χ1n) is 7.20. The molecule has 3 heteroatoms. The van der Waals surface area contributed by atoms with Gasteiger partial charge in [-0.1, -0.05) is 24.6 Å². The van der Waals surface area contributed by atoms with E-state index in [-0.39, 0.29) is 6.04 Å². The molecule has 2 saturated carbocycles. The van der Waals surface area contributed by atoms with Crippen LogP contribution in [0.2, 0.25) is 0 Å². The Hall–Kier alpha value is -1.61. The predicted molar refractivity (Wildman–Crippen MR) is 74.8 cm³/mol. The fourth-order valence-electron chi connectivity index (χ4n) is 3.86. The molecule has 0 aliphatic heterocycles. The highest BCUT2D eigenvalue weighted by molar-refractivity contribution is 5.32. The molecule has 98 valence electrons. The molecule has 4 rings (SSSR count). The Labute approximate surface area is 113 Å². The number of fused-ring (bicyclic) bond motifs is 1. The minimum atomic E-state index is 0.174. The van der Waals surface area contributed by atoms with Gasteiger partial charge in [-0.05, 0) is 42.7 Å². The molecular weight excluding hydrogens is 234 g/mol. The minimum Gasteiger partial charge on any atom is -0.324 e. The van der Waals surface area contributed by atoms with Gasteiger partial charge in [0.1, 0.15) is 0 Å². The molecule has 3 atom stereocenters. The van der Waals surface area contributed by atoms with Crippen molar-refractivity contribution in [1.82, 2.24) is 9.78 Å². The molecule has 0 bridgehead atoms. The average molecular weight is 253 g/mol. The lowest BCUT2D eigenvalue weighted by atomic mass is 10.0. The van der Waals surface area contributed by atoms with Crippen molar-refractivity contribution in [3.63, 3.8) is 0 Å². The van der Waals surface area contributed by atoms with Crippen molar-refractivity contribution >= 4 is 0 Å². The van der Waals surface area contributed by atoms with E-state index in [0.29, 0.717) is 5.92 Å². The molecule has 0 saturated heterocycles. The summed E-state index contributed by atoms with van der Waals surface area (Å²) >= 11 is 0. The Morgan fingerprint density at radius 1 is 1.16 bits per heavy atom. The third-order valence-corrected chi connectivity index (χ3v) is 4.90. The predicted octanol–water partition coefficient (Wildman–Crippen LogP) is 2.92. The summed E-state index contributed by atoms with van der Waals surface area (Å²) in [6.45, 7) is 0. The van der Waals surface area contributed by atoms with Gasteiger partial charge in [0.2, 0.25) is 0 Å². The number of aromatic nitrogens is 2. The Balaban J connectivity index is 1.55. The van der Waals surface area contributed by atoms with E-state index in [0.717, 1.165) is 17.5 Å². The second kappa shape index (κ2) is 4.20. The van der Waals surface area contributed by atoms with E-state index in [4.69, 9.17) is 5.73 Å². The zero-order valence-corrected chi connectivity index (χ0v) is 10.9. The second-order valence-corrected chi connectivity index (χ2v) is 5.92. The van der Waals surface area contributed by atoms with Gasteiger partial charge in [0.15, 0.2) is 0 Å². The van der Waals surface area contributed by atoms with Crippen LogP contribution in [-0.4, -0.2) is 9.78 Å². The molecule has 0 radical (unpaired) electrons. The molecule has 0 spiro atoms. The maximum atomic E-state index is 6.43. The molecule has 3 nitrogen and oxygen atoms in total. The zero-order chi connectivity index (χ0) is 12.8. The van der Waals surface area contributed by atoms with Crippen molar-refractivity contribution in [3.05, 3.63) is 48.3 Å². The Morgan fingerprint density at radius 3 is 2.63 bits per heavy atom. The molecule has 3 unspecified atom stereocenters. The average Bonchev–Trinajstić information content (AvgIpc) is 2.89. The summed E-state index contributed by atoms with van der Waals surface area (Å²) in [5.74, 6) is 2.51. The first-order chi connectivity index (χ1) is 9.34. The minimum absolute atomic E-state index is 0.174. The number of rotatable bonds is 3. The Kier molecular flexibility index (Phi) is 2.49. The quantitative estimate of drug-likeness (QED) is 0.914. The highest BCUT2D eigenvalue weighted by Gasteiger charge is 2.55. The molecule has 2 aliphatic rings. The van der Waals surface area contributed by atoms with Gasteiger partial charge in [-0.3, -0.25) is 0 Å². The monoisotopic (exact) mass is 253 g/mol. The van der Waals surface area contributed by atoms with Crippen LogP contribution in [0.1, 0.15) is 30.9 Å². The third-order valence-electron chi connectivity index (χ3n) is 4.90. The lowest BCUT2D eigenvalue weighted by Crippen LogP contribution is -2.14. The van der Waals surface area contributed by atoms with E-state index in [1.807, 2.05) is 29.1 Å². The fourth-order valence-corrected chi connectivity index (χ4v) is 3.86. The molecule has 2 aliphatic carbocycles. The number of hydrogen-bond donors (Lipinski definition) is 1. The van der Waals surface area contributed by atoms with Crippen LogP contribution in [0, 0.1) is 17.8 Å². The summed E-state index contributed by atoms with van der Waals surface area (Å²) in [6.07, 6.45) is 8.20. The second-order valence-electron chi connectivity index (χ2n) is 5.92. The van der Waals surface area contributed by atoms with Crippen LogP contribution in [0.15, 0.2) is 42.7 Å². The van der Waals surface area contributed by atoms with Crippen molar-refractivity contribution in [1.29, 1.82) is 0 Å². The number of hydrogen-bond acceptors (Lipinski definition) is 2. The van der Waals surface area contributed by atoms with Crippen LogP contribution in [0.3, 0.4) is 0 Å². The lowest BCUT2D eigenvalue weighted by molar-refractivity contribution is 0.502. The topological polar surface area (TPSA) is 43.8 Å². The summed E-state index contributed by atoms with van der Waals surface area (Å²) in [5, 5.41) is 4.45. The van der Waals surface area contributed by atoms with Gasteiger partial charge < -0.3 is 5.73 Å². The molecule has 2 N–H and O–H groups in total. The summed E-state index contributed by atoms with van der Waals surface area (Å²) in [6, 6.07) is 10.4. The standard InChI is InChI=1S/C16H19N3/c17-16(15-13-7-4-8-14(13)15)11-9-18-19(10-11)12-5-2-1-3-6-12/h1-3,5-6,9-10,13-16H,4,7-8,17H2. The Morgan fingerprint density at radius 2 is 1.89 bits per heavy atom. The summed E-state index contributed by atoms with van der Waals surface area (Å²) in [7, 11) is 0. The number of nitrogens with two attached hydrogens (primary N) is 1. The van der Waals surface area contributed by atoms with Crippen LogP contribution in [0.5, 0.6) is 0 Å². The summed E-state index contributed by atoms with van der Waals surface area (Å²) in [4.78, 5) is 0. The molecule has 1 heterocycles. The zero-order valence-electron chi connectivity index (χ0n) is 10.9. The maximum absolute atomic E-state index is 6.43. The van der Waals surface area contributed by atoms with E-state index >= 15 is 0 Å². The number of benzene rings is 1. The van der Waals surface area contributed by atoms with E-state index < -0.39 is 0 Å². The summed E-state index contributed by atoms with van der Waals surface area (Å²) in [5.41, 5.74) is 8.71. The Bertz CT molecular complexity index is 565. The van der Waals surface area contributed by atoms with E-state index in [1.54, 1.807) is 0 Å². The van der Waals surface area contributed by atoms with Crippen molar-refractivity contribution < 1.29 is 0 Å². The first-order valence-corrected chi connectivity index (χ1v) is 7.20.